The van der Waals surface area contributed by atoms with Crippen molar-refractivity contribution < 1.29 is 23.5 Å². The van der Waals surface area contributed by atoms with Crippen molar-refractivity contribution in [3.8, 4) is 5.75 Å². The van der Waals surface area contributed by atoms with E-state index in [9.17, 15) is 23.5 Å². The van der Waals surface area contributed by atoms with Gasteiger partial charge in [-0.1, -0.05) is 0 Å². The molecule has 2 amide bonds. The standard InChI is InChI=1S/C25H29F2N3O3/c1-28(2)23(32)17(12-16-13-19(31)5-6-21(16)27)15-30-10-8-25(9-11-30)20-14-18(26)4-7-22(20)29(3)24(25)33/h4-7,13-14,17,31H,8-12,15H2,1-3H3. The Kier molecular flexibility index (Phi) is 6.14. The average molecular weight is 458 g/mol. The SMILES string of the molecule is CN(C)C(=O)C(Cc1cc(O)ccc1F)CN1CCC2(CC1)C(=O)N(C)c1ccc(F)cc12. The Morgan fingerprint density at radius 1 is 1.15 bits per heavy atom. The lowest BCUT2D eigenvalue weighted by Gasteiger charge is -2.39. The molecule has 1 unspecified atom stereocenters. The molecular weight excluding hydrogens is 428 g/mol. The summed E-state index contributed by atoms with van der Waals surface area (Å²) in [6.45, 7) is 1.53. The number of anilines is 1. The van der Waals surface area contributed by atoms with Crippen LogP contribution in [0.15, 0.2) is 36.4 Å². The summed E-state index contributed by atoms with van der Waals surface area (Å²) >= 11 is 0. The van der Waals surface area contributed by atoms with Gasteiger partial charge in [0.2, 0.25) is 11.8 Å². The van der Waals surface area contributed by atoms with E-state index < -0.39 is 17.2 Å². The van der Waals surface area contributed by atoms with Crippen LogP contribution in [0.5, 0.6) is 5.75 Å². The van der Waals surface area contributed by atoms with Gasteiger partial charge in [0, 0.05) is 33.4 Å². The van der Waals surface area contributed by atoms with Gasteiger partial charge < -0.3 is 19.8 Å². The van der Waals surface area contributed by atoms with Crippen molar-refractivity contribution in [2.45, 2.75) is 24.7 Å². The highest BCUT2D eigenvalue weighted by Crippen LogP contribution is 2.47. The molecule has 2 aromatic rings. The van der Waals surface area contributed by atoms with Crippen LogP contribution in [0, 0.1) is 17.6 Å². The van der Waals surface area contributed by atoms with E-state index in [1.807, 2.05) is 0 Å². The Labute approximate surface area is 192 Å². The molecule has 1 spiro atoms. The van der Waals surface area contributed by atoms with Gasteiger partial charge in [0.25, 0.3) is 0 Å². The number of rotatable bonds is 5. The molecule has 8 heteroatoms. The number of amides is 2. The summed E-state index contributed by atoms with van der Waals surface area (Å²) in [4.78, 5) is 31.2. The summed E-state index contributed by atoms with van der Waals surface area (Å²) in [6.07, 6.45) is 1.21. The molecule has 0 radical (unpaired) electrons. The molecule has 0 saturated carbocycles. The molecule has 2 heterocycles. The van der Waals surface area contributed by atoms with E-state index in [4.69, 9.17) is 0 Å². The van der Waals surface area contributed by atoms with E-state index in [1.54, 1.807) is 32.1 Å². The van der Waals surface area contributed by atoms with Crippen LogP contribution < -0.4 is 4.90 Å². The first kappa shape index (κ1) is 23.2. The van der Waals surface area contributed by atoms with Gasteiger partial charge in [0.05, 0.1) is 11.3 Å². The third kappa shape index (κ3) is 4.19. The Balaban J connectivity index is 1.52. The highest BCUT2D eigenvalue weighted by atomic mass is 19.1. The minimum absolute atomic E-state index is 0.0227. The number of piperidine rings is 1. The van der Waals surface area contributed by atoms with E-state index in [2.05, 4.69) is 4.90 Å². The minimum Gasteiger partial charge on any atom is -0.508 e. The molecule has 0 aliphatic carbocycles. The molecular formula is C25H29F2N3O3. The van der Waals surface area contributed by atoms with Gasteiger partial charge in [0.1, 0.15) is 17.4 Å². The number of likely N-dealkylation sites (N-methyl/N-ethyl adjacent to an activating group) is 1. The highest BCUT2D eigenvalue weighted by Gasteiger charge is 2.51. The van der Waals surface area contributed by atoms with Gasteiger partial charge in [-0.25, -0.2) is 8.78 Å². The zero-order valence-corrected chi connectivity index (χ0v) is 19.1. The lowest BCUT2D eigenvalue weighted by atomic mass is 9.73. The minimum atomic E-state index is -0.749. The molecule has 1 fully saturated rings. The maximum absolute atomic E-state index is 14.3. The number of aromatic hydroxyl groups is 1. The summed E-state index contributed by atoms with van der Waals surface area (Å²) in [5, 5.41) is 9.75. The molecule has 2 aliphatic rings. The fraction of sp³-hybridized carbons (Fsp3) is 0.440. The van der Waals surface area contributed by atoms with Crippen molar-refractivity contribution in [3.05, 3.63) is 59.2 Å². The normalized spacial score (nSPS) is 18.5. The smallest absolute Gasteiger partial charge is 0.237 e. The molecule has 176 valence electrons. The summed E-state index contributed by atoms with van der Waals surface area (Å²) in [6, 6.07) is 8.33. The number of likely N-dealkylation sites (tertiary alicyclic amines) is 1. The number of halogens is 2. The average Bonchev–Trinajstić information content (AvgIpc) is 2.98. The number of phenolic OH excluding ortho intramolecular Hbond substituents is 1. The maximum Gasteiger partial charge on any atom is 0.237 e. The molecule has 4 rings (SSSR count). The first-order valence-corrected chi connectivity index (χ1v) is 11.1. The van der Waals surface area contributed by atoms with Gasteiger partial charge in [-0.05, 0) is 79.9 Å². The molecule has 2 aliphatic heterocycles. The predicted octanol–water partition coefficient (Wildman–Crippen LogP) is 2.93. The van der Waals surface area contributed by atoms with E-state index in [0.717, 1.165) is 11.3 Å². The number of benzene rings is 2. The zero-order chi connectivity index (χ0) is 23.9. The lowest BCUT2D eigenvalue weighted by molar-refractivity contribution is -0.134. The van der Waals surface area contributed by atoms with Gasteiger partial charge in [0.15, 0.2) is 0 Å². The third-order valence-corrected chi connectivity index (χ3v) is 7.02. The molecule has 1 saturated heterocycles. The van der Waals surface area contributed by atoms with E-state index in [0.29, 0.717) is 38.0 Å². The topological polar surface area (TPSA) is 64.1 Å². The van der Waals surface area contributed by atoms with Gasteiger partial charge in [-0.15, -0.1) is 0 Å². The molecule has 0 aromatic heterocycles. The van der Waals surface area contributed by atoms with Crippen LogP contribution in [0.3, 0.4) is 0 Å². The number of phenols is 1. The van der Waals surface area contributed by atoms with Crippen molar-refractivity contribution in [1.82, 2.24) is 9.80 Å². The maximum atomic E-state index is 14.3. The second-order valence-corrected chi connectivity index (χ2v) is 9.32. The molecule has 6 nitrogen and oxygen atoms in total. The van der Waals surface area contributed by atoms with Crippen molar-refractivity contribution in [1.29, 1.82) is 0 Å². The zero-order valence-electron chi connectivity index (χ0n) is 19.1. The largest absolute Gasteiger partial charge is 0.508 e. The van der Waals surface area contributed by atoms with E-state index >= 15 is 0 Å². The third-order valence-electron chi connectivity index (χ3n) is 7.02. The van der Waals surface area contributed by atoms with Crippen LogP contribution in [-0.4, -0.2) is 67.5 Å². The number of carbonyl (C=O) groups is 2. The second-order valence-electron chi connectivity index (χ2n) is 9.32. The molecule has 1 N–H and O–H groups in total. The fourth-order valence-corrected chi connectivity index (χ4v) is 5.22. The van der Waals surface area contributed by atoms with Crippen LogP contribution in [0.2, 0.25) is 0 Å². The highest BCUT2D eigenvalue weighted by molar-refractivity contribution is 6.07. The van der Waals surface area contributed by atoms with Gasteiger partial charge >= 0.3 is 0 Å². The molecule has 2 aromatic carbocycles. The first-order chi connectivity index (χ1) is 15.6. The van der Waals surface area contributed by atoms with Crippen molar-refractivity contribution in [3.63, 3.8) is 0 Å². The Morgan fingerprint density at radius 3 is 2.52 bits per heavy atom. The Morgan fingerprint density at radius 2 is 1.85 bits per heavy atom. The van der Waals surface area contributed by atoms with Crippen molar-refractivity contribution in [2.24, 2.45) is 5.92 Å². The van der Waals surface area contributed by atoms with E-state index in [1.165, 1.54) is 35.2 Å². The second kappa shape index (κ2) is 8.74. The molecule has 33 heavy (non-hydrogen) atoms. The van der Waals surface area contributed by atoms with Crippen LogP contribution in [0.4, 0.5) is 14.5 Å². The van der Waals surface area contributed by atoms with Crippen LogP contribution in [0.1, 0.15) is 24.0 Å². The summed E-state index contributed by atoms with van der Waals surface area (Å²) in [5.74, 6) is -1.51. The summed E-state index contributed by atoms with van der Waals surface area (Å²) < 4.78 is 28.3. The number of nitrogens with zero attached hydrogens (tertiary/aromatic N) is 3. The monoisotopic (exact) mass is 457 g/mol. The Bertz CT molecular complexity index is 1080. The van der Waals surface area contributed by atoms with Gasteiger partial charge in [-0.2, -0.15) is 0 Å². The number of fused-ring (bicyclic) bond motifs is 2. The fourth-order valence-electron chi connectivity index (χ4n) is 5.22. The van der Waals surface area contributed by atoms with Crippen LogP contribution in [0.25, 0.3) is 0 Å². The van der Waals surface area contributed by atoms with Crippen molar-refractivity contribution in [2.75, 3.05) is 45.7 Å². The number of carbonyl (C=O) groups excluding carboxylic acids is 2. The van der Waals surface area contributed by atoms with Crippen LogP contribution >= 0.6 is 0 Å². The van der Waals surface area contributed by atoms with Crippen LogP contribution in [-0.2, 0) is 21.4 Å². The summed E-state index contributed by atoms with van der Waals surface area (Å²) in [7, 11) is 5.05. The Hall–Kier alpha value is -3.00. The van der Waals surface area contributed by atoms with E-state index in [-0.39, 0.29) is 29.8 Å². The quantitative estimate of drug-likeness (QED) is 0.750. The number of hydrogen-bond acceptors (Lipinski definition) is 4. The lowest BCUT2D eigenvalue weighted by Crippen LogP contribution is -2.50. The predicted molar refractivity (Wildman–Crippen MR) is 121 cm³/mol. The number of hydrogen-bond donors (Lipinski definition) is 1. The van der Waals surface area contributed by atoms with Crippen molar-refractivity contribution >= 4 is 17.5 Å². The molecule has 0 bridgehead atoms. The van der Waals surface area contributed by atoms with Gasteiger partial charge in [-0.3, -0.25) is 9.59 Å². The summed E-state index contributed by atoms with van der Waals surface area (Å²) in [5.41, 5.74) is 1.02. The molecule has 1 atom stereocenters. The first-order valence-electron chi connectivity index (χ1n) is 11.1.